The fourth-order valence-corrected chi connectivity index (χ4v) is 2.14. The molecule has 0 heterocycles. The van der Waals surface area contributed by atoms with Gasteiger partial charge in [0.05, 0.1) is 11.4 Å². The highest BCUT2D eigenvalue weighted by molar-refractivity contribution is 5.99. The molecule has 0 fully saturated rings. The molecule has 0 amide bonds. The van der Waals surface area contributed by atoms with Crippen LogP contribution in [0.5, 0.6) is 0 Å². The Morgan fingerprint density at radius 2 is 1.38 bits per heavy atom. The third-order valence-electron chi connectivity index (χ3n) is 3.46. The maximum absolute atomic E-state index is 4.42. The number of para-hydroxylation sites is 1. The fraction of sp³-hybridized carbons (Fsp3) is 0.0500. The third-order valence-corrected chi connectivity index (χ3v) is 3.46. The van der Waals surface area contributed by atoms with Crippen LogP contribution in [0.1, 0.15) is 11.1 Å². The molecular formula is C20H18N4. The van der Waals surface area contributed by atoms with Gasteiger partial charge < -0.3 is 0 Å². The molecule has 0 aromatic heterocycles. The number of hydrogen-bond acceptors (Lipinski definition) is 3. The molecule has 0 saturated carbocycles. The van der Waals surface area contributed by atoms with Crippen LogP contribution in [-0.2, 0) is 0 Å². The zero-order valence-corrected chi connectivity index (χ0v) is 13.4. The van der Waals surface area contributed by atoms with Crippen LogP contribution in [0.3, 0.4) is 0 Å². The molecule has 118 valence electrons. The molecule has 0 bridgehead atoms. The van der Waals surface area contributed by atoms with E-state index in [2.05, 4.69) is 20.8 Å². The summed E-state index contributed by atoms with van der Waals surface area (Å²) in [5.74, 6) is 0.530. The van der Waals surface area contributed by atoms with E-state index in [9.17, 15) is 0 Å². The van der Waals surface area contributed by atoms with Gasteiger partial charge in [0.1, 0.15) is 0 Å². The van der Waals surface area contributed by atoms with E-state index in [1.54, 1.807) is 0 Å². The Balaban J connectivity index is 1.89. The first-order valence-electron chi connectivity index (χ1n) is 7.74. The van der Waals surface area contributed by atoms with Gasteiger partial charge in [-0.1, -0.05) is 66.7 Å². The zero-order valence-electron chi connectivity index (χ0n) is 13.4. The maximum atomic E-state index is 4.42. The minimum absolute atomic E-state index is 0.530. The SMILES string of the molecule is Cc1ccccc1N=N/C(=N/Nc1ccccc1)c1ccccc1. The van der Waals surface area contributed by atoms with Crippen molar-refractivity contribution in [2.24, 2.45) is 15.3 Å². The van der Waals surface area contributed by atoms with Crippen molar-refractivity contribution in [3.8, 4) is 0 Å². The number of hydrazone groups is 1. The number of azo groups is 1. The van der Waals surface area contributed by atoms with Gasteiger partial charge in [-0.2, -0.15) is 5.10 Å². The molecule has 3 aromatic rings. The van der Waals surface area contributed by atoms with Gasteiger partial charge in [-0.05, 0) is 30.7 Å². The number of anilines is 1. The summed E-state index contributed by atoms with van der Waals surface area (Å²) in [5.41, 5.74) is 6.74. The summed E-state index contributed by atoms with van der Waals surface area (Å²) >= 11 is 0. The first-order chi connectivity index (χ1) is 11.8. The van der Waals surface area contributed by atoms with Gasteiger partial charge >= 0.3 is 0 Å². The summed E-state index contributed by atoms with van der Waals surface area (Å²) in [4.78, 5) is 0. The molecule has 0 spiro atoms. The van der Waals surface area contributed by atoms with Gasteiger partial charge in [-0.25, -0.2) is 0 Å². The van der Waals surface area contributed by atoms with Crippen molar-refractivity contribution in [1.29, 1.82) is 0 Å². The Morgan fingerprint density at radius 1 is 0.750 bits per heavy atom. The summed E-state index contributed by atoms with van der Waals surface area (Å²) in [5, 5.41) is 13.1. The highest BCUT2D eigenvalue weighted by Crippen LogP contribution is 2.18. The van der Waals surface area contributed by atoms with Crippen LogP contribution in [-0.4, -0.2) is 5.84 Å². The summed E-state index contributed by atoms with van der Waals surface area (Å²) in [7, 11) is 0. The molecule has 0 radical (unpaired) electrons. The summed E-state index contributed by atoms with van der Waals surface area (Å²) in [6.07, 6.45) is 0. The normalized spacial score (nSPS) is 11.6. The van der Waals surface area contributed by atoms with Crippen LogP contribution in [0.25, 0.3) is 0 Å². The number of hydrogen-bond donors (Lipinski definition) is 1. The molecule has 0 unspecified atom stereocenters. The van der Waals surface area contributed by atoms with E-state index in [1.807, 2.05) is 91.9 Å². The average Bonchev–Trinajstić information content (AvgIpc) is 2.65. The number of nitrogens with one attached hydrogen (secondary N) is 1. The van der Waals surface area contributed by atoms with Gasteiger partial charge in [0.2, 0.25) is 5.84 Å². The molecule has 0 aliphatic rings. The Hall–Kier alpha value is -3.27. The van der Waals surface area contributed by atoms with Gasteiger partial charge in [0.15, 0.2) is 0 Å². The zero-order chi connectivity index (χ0) is 16.6. The van der Waals surface area contributed by atoms with E-state index in [-0.39, 0.29) is 0 Å². The number of amidine groups is 1. The minimum atomic E-state index is 0.530. The van der Waals surface area contributed by atoms with E-state index in [0.717, 1.165) is 22.5 Å². The molecular weight excluding hydrogens is 296 g/mol. The van der Waals surface area contributed by atoms with Crippen molar-refractivity contribution in [2.75, 3.05) is 5.43 Å². The predicted molar refractivity (Wildman–Crippen MR) is 98.7 cm³/mol. The monoisotopic (exact) mass is 314 g/mol. The fourth-order valence-electron chi connectivity index (χ4n) is 2.14. The number of rotatable bonds is 4. The van der Waals surface area contributed by atoms with E-state index in [0.29, 0.717) is 5.84 Å². The maximum Gasteiger partial charge on any atom is 0.201 e. The van der Waals surface area contributed by atoms with Crippen molar-refractivity contribution in [2.45, 2.75) is 6.92 Å². The molecule has 4 heteroatoms. The lowest BCUT2D eigenvalue weighted by Crippen LogP contribution is -2.01. The van der Waals surface area contributed by atoms with Gasteiger partial charge in [0.25, 0.3) is 0 Å². The Kier molecular flexibility index (Phi) is 5.10. The van der Waals surface area contributed by atoms with Gasteiger partial charge in [-0.3, -0.25) is 5.43 Å². The summed E-state index contributed by atoms with van der Waals surface area (Å²) < 4.78 is 0. The van der Waals surface area contributed by atoms with Crippen LogP contribution in [0.2, 0.25) is 0 Å². The van der Waals surface area contributed by atoms with Crippen LogP contribution in [0, 0.1) is 6.92 Å². The Labute approximate surface area is 141 Å². The van der Waals surface area contributed by atoms with E-state index >= 15 is 0 Å². The lowest BCUT2D eigenvalue weighted by atomic mass is 10.2. The molecule has 4 nitrogen and oxygen atoms in total. The second kappa shape index (κ2) is 7.83. The average molecular weight is 314 g/mol. The van der Waals surface area contributed by atoms with Crippen molar-refractivity contribution in [3.63, 3.8) is 0 Å². The van der Waals surface area contributed by atoms with Gasteiger partial charge in [-0.15, -0.1) is 10.2 Å². The van der Waals surface area contributed by atoms with Crippen molar-refractivity contribution in [3.05, 3.63) is 96.1 Å². The Bertz CT molecular complexity index is 840. The van der Waals surface area contributed by atoms with Gasteiger partial charge in [0, 0.05) is 5.56 Å². The van der Waals surface area contributed by atoms with Crippen molar-refractivity contribution in [1.82, 2.24) is 0 Å². The molecule has 0 aliphatic carbocycles. The number of nitrogens with zero attached hydrogens (tertiary/aromatic N) is 3. The number of aryl methyl sites for hydroxylation is 1. The lowest BCUT2D eigenvalue weighted by Gasteiger charge is -2.03. The van der Waals surface area contributed by atoms with Crippen LogP contribution in [0.4, 0.5) is 11.4 Å². The molecule has 0 saturated heterocycles. The number of benzene rings is 3. The highest BCUT2D eigenvalue weighted by atomic mass is 15.3. The topological polar surface area (TPSA) is 49.1 Å². The molecule has 0 atom stereocenters. The molecule has 0 aliphatic heterocycles. The van der Waals surface area contributed by atoms with Crippen LogP contribution >= 0.6 is 0 Å². The van der Waals surface area contributed by atoms with E-state index in [1.165, 1.54) is 0 Å². The van der Waals surface area contributed by atoms with E-state index < -0.39 is 0 Å². The van der Waals surface area contributed by atoms with Crippen LogP contribution in [0.15, 0.2) is 100 Å². The first kappa shape index (κ1) is 15.6. The second-order valence-corrected chi connectivity index (χ2v) is 5.27. The lowest BCUT2D eigenvalue weighted by molar-refractivity contribution is 1.21. The van der Waals surface area contributed by atoms with E-state index in [4.69, 9.17) is 0 Å². The summed E-state index contributed by atoms with van der Waals surface area (Å²) in [6, 6.07) is 27.4. The second-order valence-electron chi connectivity index (χ2n) is 5.27. The van der Waals surface area contributed by atoms with Crippen molar-refractivity contribution >= 4 is 17.2 Å². The molecule has 24 heavy (non-hydrogen) atoms. The largest absolute Gasteiger partial charge is 0.276 e. The highest BCUT2D eigenvalue weighted by Gasteiger charge is 2.03. The quantitative estimate of drug-likeness (QED) is 0.292. The molecule has 3 rings (SSSR count). The minimum Gasteiger partial charge on any atom is -0.276 e. The third kappa shape index (κ3) is 4.14. The predicted octanol–water partition coefficient (Wildman–Crippen LogP) is 5.55. The first-order valence-corrected chi connectivity index (χ1v) is 7.74. The smallest absolute Gasteiger partial charge is 0.201 e. The molecule has 1 N–H and O–H groups in total. The molecule has 3 aromatic carbocycles. The van der Waals surface area contributed by atoms with Crippen LogP contribution < -0.4 is 5.43 Å². The summed E-state index contributed by atoms with van der Waals surface area (Å²) in [6.45, 7) is 2.01. The Morgan fingerprint density at radius 3 is 2.08 bits per heavy atom. The van der Waals surface area contributed by atoms with Crippen molar-refractivity contribution < 1.29 is 0 Å². The standard InChI is InChI=1S/C20H18N4/c1-16-10-8-9-15-19(16)22-24-20(17-11-4-2-5-12-17)23-21-18-13-6-3-7-14-18/h2-15,21H,1H3/b23-20+,24-22?.